The van der Waals surface area contributed by atoms with Crippen molar-refractivity contribution in [2.75, 3.05) is 6.61 Å². The fraction of sp³-hybridized carbons (Fsp3) is 0.158. The van der Waals surface area contributed by atoms with Crippen LogP contribution < -0.4 is 4.74 Å². The Balaban J connectivity index is 1.87. The van der Waals surface area contributed by atoms with Crippen LogP contribution in [0.4, 0.5) is 0 Å². The Kier molecular flexibility index (Phi) is 4.91. The molecule has 24 heavy (non-hydrogen) atoms. The number of hydrogen-bond donors (Lipinski definition) is 0. The van der Waals surface area contributed by atoms with Crippen LogP contribution in [0, 0.1) is 0 Å². The van der Waals surface area contributed by atoms with Crippen molar-refractivity contribution < 1.29 is 18.7 Å². The summed E-state index contributed by atoms with van der Waals surface area (Å²) >= 11 is 0. The van der Waals surface area contributed by atoms with Gasteiger partial charge in [-0.05, 0) is 31.2 Å². The van der Waals surface area contributed by atoms with E-state index in [0.29, 0.717) is 17.4 Å². The first-order chi connectivity index (χ1) is 11.8. The lowest BCUT2D eigenvalue weighted by atomic mass is 10.2. The van der Waals surface area contributed by atoms with Crippen molar-refractivity contribution in [3.8, 4) is 17.2 Å². The number of ether oxygens (including phenoxy) is 2. The fourth-order valence-electron chi connectivity index (χ4n) is 2.18. The minimum Gasteiger partial charge on any atom is -0.486 e. The lowest BCUT2D eigenvalue weighted by Gasteiger charge is -2.04. The molecule has 0 saturated heterocycles. The Labute approximate surface area is 139 Å². The van der Waals surface area contributed by atoms with Gasteiger partial charge in [-0.2, -0.15) is 0 Å². The van der Waals surface area contributed by atoms with Gasteiger partial charge in [-0.15, -0.1) is 0 Å². The number of aromatic nitrogens is 1. The first kappa shape index (κ1) is 15.8. The summed E-state index contributed by atoms with van der Waals surface area (Å²) in [5.41, 5.74) is 0.931. The summed E-state index contributed by atoms with van der Waals surface area (Å²) in [6.45, 7) is 2.11. The lowest BCUT2D eigenvalue weighted by Crippen LogP contribution is -2.09. The molecule has 0 spiro atoms. The van der Waals surface area contributed by atoms with Crippen molar-refractivity contribution in [3.05, 3.63) is 72.1 Å². The molecule has 0 radical (unpaired) electrons. The van der Waals surface area contributed by atoms with Gasteiger partial charge in [0.05, 0.1) is 6.61 Å². The normalized spacial score (nSPS) is 10.4. The number of benzene rings is 2. The third kappa shape index (κ3) is 3.63. The number of carbonyl (C=O) groups is 1. The van der Waals surface area contributed by atoms with Crippen LogP contribution in [0.3, 0.4) is 0 Å². The summed E-state index contributed by atoms with van der Waals surface area (Å²) in [6.07, 6.45) is 0. The summed E-state index contributed by atoms with van der Waals surface area (Å²) in [6, 6.07) is 18.7. The van der Waals surface area contributed by atoms with Crippen LogP contribution >= 0.6 is 0 Å². The predicted octanol–water partition coefficient (Wildman–Crippen LogP) is 4.10. The van der Waals surface area contributed by atoms with E-state index >= 15 is 0 Å². The monoisotopic (exact) mass is 323 g/mol. The Morgan fingerprint density at radius 1 is 1.04 bits per heavy atom. The molecule has 5 heteroatoms. The lowest BCUT2D eigenvalue weighted by molar-refractivity contribution is 0.0515. The van der Waals surface area contributed by atoms with E-state index in [0.717, 1.165) is 5.56 Å². The maximum absolute atomic E-state index is 12.1. The average Bonchev–Trinajstić information content (AvgIpc) is 3.06. The van der Waals surface area contributed by atoms with E-state index in [9.17, 15) is 4.79 Å². The second-order valence-corrected chi connectivity index (χ2v) is 4.98. The summed E-state index contributed by atoms with van der Waals surface area (Å²) in [5, 5.41) is 0. The average molecular weight is 323 g/mol. The highest BCUT2D eigenvalue weighted by Crippen LogP contribution is 2.24. The Morgan fingerprint density at radius 3 is 2.38 bits per heavy atom. The second kappa shape index (κ2) is 7.46. The number of rotatable bonds is 6. The number of carbonyl (C=O) groups excluding carboxylic acids is 1. The molecule has 0 amide bonds. The molecule has 0 unspecified atom stereocenters. The van der Waals surface area contributed by atoms with Crippen molar-refractivity contribution in [1.29, 1.82) is 0 Å². The van der Waals surface area contributed by atoms with E-state index in [1.165, 1.54) is 0 Å². The number of oxazole rings is 1. The van der Waals surface area contributed by atoms with Gasteiger partial charge in [0.2, 0.25) is 5.89 Å². The third-order valence-electron chi connectivity index (χ3n) is 3.30. The van der Waals surface area contributed by atoms with Gasteiger partial charge < -0.3 is 13.9 Å². The summed E-state index contributed by atoms with van der Waals surface area (Å²) < 4.78 is 16.5. The maximum Gasteiger partial charge on any atom is 0.360 e. The van der Waals surface area contributed by atoms with E-state index in [4.69, 9.17) is 13.9 Å². The summed E-state index contributed by atoms with van der Waals surface area (Å²) in [5.74, 6) is 0.876. The Morgan fingerprint density at radius 2 is 1.71 bits per heavy atom. The standard InChI is InChI=1S/C19H17NO4/c1-2-22-19(21)17-16(13-23-15-11-7-4-8-12-15)24-18(20-17)14-9-5-3-6-10-14/h3-12H,2,13H2,1H3. The van der Waals surface area contributed by atoms with E-state index in [1.54, 1.807) is 6.92 Å². The zero-order valence-corrected chi connectivity index (χ0v) is 13.3. The molecular weight excluding hydrogens is 306 g/mol. The first-order valence-electron chi connectivity index (χ1n) is 7.68. The van der Waals surface area contributed by atoms with Crippen molar-refractivity contribution in [2.45, 2.75) is 13.5 Å². The molecule has 0 bridgehead atoms. The summed E-state index contributed by atoms with van der Waals surface area (Å²) in [7, 11) is 0. The number of esters is 1. The molecule has 0 aliphatic heterocycles. The van der Waals surface area contributed by atoms with Crippen LogP contribution in [0.25, 0.3) is 11.5 Å². The Bertz CT molecular complexity index is 797. The zero-order valence-electron chi connectivity index (χ0n) is 13.3. The highest BCUT2D eigenvalue weighted by atomic mass is 16.5. The van der Waals surface area contributed by atoms with Gasteiger partial charge in [0.15, 0.2) is 11.5 Å². The molecule has 5 nitrogen and oxygen atoms in total. The molecule has 3 aromatic rings. The van der Waals surface area contributed by atoms with Gasteiger partial charge >= 0.3 is 5.97 Å². The molecule has 0 N–H and O–H groups in total. The first-order valence-corrected chi connectivity index (χ1v) is 7.68. The zero-order chi connectivity index (χ0) is 16.8. The molecule has 0 aliphatic rings. The number of nitrogens with zero attached hydrogens (tertiary/aromatic N) is 1. The van der Waals surface area contributed by atoms with Gasteiger partial charge in [0.25, 0.3) is 0 Å². The molecule has 122 valence electrons. The van der Waals surface area contributed by atoms with Gasteiger partial charge in [0, 0.05) is 5.56 Å². The van der Waals surface area contributed by atoms with E-state index in [-0.39, 0.29) is 18.9 Å². The van der Waals surface area contributed by atoms with Gasteiger partial charge in [-0.3, -0.25) is 0 Å². The second-order valence-electron chi connectivity index (χ2n) is 4.98. The molecule has 3 rings (SSSR count). The van der Waals surface area contributed by atoms with Gasteiger partial charge in [0.1, 0.15) is 12.4 Å². The topological polar surface area (TPSA) is 61.6 Å². The maximum atomic E-state index is 12.1. The van der Waals surface area contributed by atoms with Crippen LogP contribution in [0.2, 0.25) is 0 Å². The SMILES string of the molecule is CCOC(=O)c1nc(-c2ccccc2)oc1COc1ccccc1. The molecular formula is C19H17NO4. The molecule has 0 saturated carbocycles. The highest BCUT2D eigenvalue weighted by Gasteiger charge is 2.22. The van der Waals surface area contributed by atoms with Crippen LogP contribution in [-0.4, -0.2) is 17.6 Å². The van der Waals surface area contributed by atoms with Crippen molar-refractivity contribution in [3.63, 3.8) is 0 Å². The minimum absolute atomic E-state index is 0.0952. The number of hydrogen-bond acceptors (Lipinski definition) is 5. The van der Waals surface area contributed by atoms with E-state index in [1.807, 2.05) is 60.7 Å². The molecule has 0 aliphatic carbocycles. The van der Waals surface area contributed by atoms with Crippen LogP contribution in [-0.2, 0) is 11.3 Å². The fourth-order valence-corrected chi connectivity index (χ4v) is 2.18. The number of para-hydroxylation sites is 1. The van der Waals surface area contributed by atoms with E-state index in [2.05, 4.69) is 4.98 Å². The molecule has 2 aromatic carbocycles. The van der Waals surface area contributed by atoms with E-state index < -0.39 is 5.97 Å². The Hall–Kier alpha value is -3.08. The van der Waals surface area contributed by atoms with Crippen molar-refractivity contribution >= 4 is 5.97 Å². The van der Waals surface area contributed by atoms with Crippen LogP contribution in [0.15, 0.2) is 65.1 Å². The highest BCUT2D eigenvalue weighted by molar-refractivity contribution is 5.89. The molecule has 0 atom stereocenters. The van der Waals surface area contributed by atoms with Crippen molar-refractivity contribution in [1.82, 2.24) is 4.98 Å². The van der Waals surface area contributed by atoms with Crippen LogP contribution in [0.1, 0.15) is 23.2 Å². The molecule has 1 aromatic heterocycles. The van der Waals surface area contributed by atoms with Gasteiger partial charge in [-0.25, -0.2) is 9.78 Å². The van der Waals surface area contributed by atoms with Gasteiger partial charge in [-0.1, -0.05) is 36.4 Å². The molecule has 1 heterocycles. The largest absolute Gasteiger partial charge is 0.486 e. The molecule has 0 fully saturated rings. The minimum atomic E-state index is -0.518. The predicted molar refractivity (Wildman–Crippen MR) is 88.7 cm³/mol. The van der Waals surface area contributed by atoms with Crippen LogP contribution in [0.5, 0.6) is 5.75 Å². The third-order valence-corrected chi connectivity index (χ3v) is 3.30. The quantitative estimate of drug-likeness (QED) is 0.639. The smallest absolute Gasteiger partial charge is 0.360 e. The summed E-state index contributed by atoms with van der Waals surface area (Å²) in [4.78, 5) is 16.4. The van der Waals surface area contributed by atoms with Crippen molar-refractivity contribution in [2.24, 2.45) is 0 Å².